The highest BCUT2D eigenvalue weighted by Gasteiger charge is 2.36. The summed E-state index contributed by atoms with van der Waals surface area (Å²) >= 11 is 0. The van der Waals surface area contributed by atoms with Crippen LogP contribution < -0.4 is 4.72 Å². The van der Waals surface area contributed by atoms with Crippen LogP contribution in [0.25, 0.3) is 11.1 Å². The average Bonchev–Trinajstić information content (AvgIpc) is 2.69. The molecule has 1 fully saturated rings. The van der Waals surface area contributed by atoms with E-state index in [0.29, 0.717) is 25.8 Å². The van der Waals surface area contributed by atoms with Crippen LogP contribution in [-0.4, -0.2) is 55.9 Å². The lowest BCUT2D eigenvalue weighted by Gasteiger charge is -2.40. The molecular weight excluding hydrogens is 390 g/mol. The van der Waals surface area contributed by atoms with Crippen molar-refractivity contribution in [3.8, 4) is 11.1 Å². The first-order chi connectivity index (χ1) is 13.9. The summed E-state index contributed by atoms with van der Waals surface area (Å²) in [5, 5.41) is 0. The van der Waals surface area contributed by atoms with Crippen LogP contribution in [0, 0.1) is 0 Å². The van der Waals surface area contributed by atoms with E-state index in [0.717, 1.165) is 23.1 Å². The molecule has 7 nitrogen and oxygen atoms in total. The Morgan fingerprint density at radius 3 is 2.69 bits per heavy atom. The Morgan fingerprint density at radius 2 is 2.00 bits per heavy atom. The molecule has 0 saturated carbocycles. The van der Waals surface area contributed by atoms with Crippen LogP contribution in [0.3, 0.4) is 0 Å². The summed E-state index contributed by atoms with van der Waals surface area (Å²) in [6, 6.07) is 13.2. The lowest BCUT2D eigenvalue weighted by Crippen LogP contribution is -2.57. The van der Waals surface area contributed by atoms with E-state index in [9.17, 15) is 13.2 Å². The van der Waals surface area contributed by atoms with Crippen molar-refractivity contribution >= 4 is 16.1 Å². The molecule has 1 aliphatic heterocycles. The van der Waals surface area contributed by atoms with E-state index in [-0.39, 0.29) is 18.7 Å². The van der Waals surface area contributed by atoms with Gasteiger partial charge in [0.15, 0.2) is 0 Å². The molecule has 1 aromatic heterocycles. The first-order valence-corrected chi connectivity index (χ1v) is 11.7. The first-order valence-electron chi connectivity index (χ1n) is 9.78. The Labute approximate surface area is 172 Å². The molecule has 156 valence electrons. The molecule has 1 aromatic carbocycles. The van der Waals surface area contributed by atoms with Crippen molar-refractivity contribution in [1.29, 1.82) is 0 Å². The quantitative estimate of drug-likeness (QED) is 0.781. The van der Waals surface area contributed by atoms with Crippen LogP contribution in [0.15, 0.2) is 48.7 Å². The van der Waals surface area contributed by atoms with E-state index < -0.39 is 16.1 Å². The third kappa shape index (κ3) is 5.77. The van der Waals surface area contributed by atoms with Gasteiger partial charge in [-0.3, -0.25) is 4.98 Å². The average molecular weight is 418 g/mol. The number of sulfonamides is 1. The molecule has 0 radical (unpaired) electrons. The maximum atomic E-state index is 12.5. The molecule has 1 N–H and O–H groups in total. The molecule has 0 bridgehead atoms. The zero-order valence-electron chi connectivity index (χ0n) is 16.7. The minimum atomic E-state index is -3.41. The van der Waals surface area contributed by atoms with Crippen LogP contribution in [0.1, 0.15) is 25.5 Å². The molecule has 2 heterocycles. The number of rotatable bonds is 6. The number of ether oxygens (including phenoxy) is 1. The van der Waals surface area contributed by atoms with Crippen LogP contribution in [0.2, 0.25) is 0 Å². The van der Waals surface area contributed by atoms with Gasteiger partial charge in [0.05, 0.1) is 18.9 Å². The molecule has 0 unspecified atom stereocenters. The fraction of sp³-hybridized carbons (Fsp3) is 0.429. The molecule has 1 amide bonds. The molecule has 1 saturated heterocycles. The summed E-state index contributed by atoms with van der Waals surface area (Å²) in [6.45, 7) is 2.56. The smallest absolute Gasteiger partial charge is 0.410 e. The molecule has 29 heavy (non-hydrogen) atoms. The lowest BCUT2D eigenvalue weighted by molar-refractivity contribution is 0.0676. The van der Waals surface area contributed by atoms with E-state index in [1.807, 2.05) is 42.5 Å². The normalized spacial score (nSPS) is 19.7. The second kappa shape index (κ2) is 9.37. The van der Waals surface area contributed by atoms with Crippen LogP contribution in [-0.2, 0) is 21.2 Å². The highest BCUT2D eigenvalue weighted by molar-refractivity contribution is 7.88. The standard InChI is InChI=1S/C21H27N3O4S/c1-3-28-21(25)24-13-7-10-19(23-29(2,26)27)20(24)15-18-14-17(11-12-22-18)16-8-5-4-6-9-16/h4-6,8-9,11-12,14,19-20,23H,3,7,10,13,15H2,1-2H3/t19-,20-/m0/s1. The van der Waals surface area contributed by atoms with Crippen molar-refractivity contribution in [2.75, 3.05) is 19.4 Å². The number of pyridine rings is 1. The molecule has 2 atom stereocenters. The van der Waals surface area contributed by atoms with E-state index in [1.54, 1.807) is 18.0 Å². The SMILES string of the molecule is CCOC(=O)N1CCC[C@H](NS(C)(=O)=O)[C@@H]1Cc1cc(-c2ccccc2)ccn1. The molecule has 1 aliphatic rings. The number of nitrogens with zero attached hydrogens (tertiary/aromatic N) is 2. The van der Waals surface area contributed by atoms with E-state index >= 15 is 0 Å². The first kappa shape index (κ1) is 21.3. The number of amides is 1. The van der Waals surface area contributed by atoms with Gasteiger partial charge in [0, 0.05) is 30.9 Å². The van der Waals surface area contributed by atoms with Crippen molar-refractivity contribution < 1.29 is 17.9 Å². The number of aromatic nitrogens is 1. The second-order valence-electron chi connectivity index (χ2n) is 7.20. The Balaban J connectivity index is 1.89. The van der Waals surface area contributed by atoms with Gasteiger partial charge in [-0.2, -0.15) is 0 Å². The van der Waals surface area contributed by atoms with Gasteiger partial charge >= 0.3 is 6.09 Å². The summed E-state index contributed by atoms with van der Waals surface area (Å²) < 4.78 is 31.7. The zero-order chi connectivity index (χ0) is 20.9. The Kier molecular flexibility index (Phi) is 6.87. The van der Waals surface area contributed by atoms with E-state index in [1.165, 1.54) is 0 Å². The number of likely N-dealkylation sites (tertiary alicyclic amines) is 1. The Hall–Kier alpha value is -2.45. The number of piperidine rings is 1. The van der Waals surface area contributed by atoms with Crippen LogP contribution in [0.4, 0.5) is 4.79 Å². The molecule has 0 aliphatic carbocycles. The second-order valence-corrected chi connectivity index (χ2v) is 8.98. The predicted molar refractivity (Wildman–Crippen MR) is 112 cm³/mol. The fourth-order valence-corrected chi connectivity index (χ4v) is 4.59. The summed E-state index contributed by atoms with van der Waals surface area (Å²) in [5.74, 6) is 0. The summed E-state index contributed by atoms with van der Waals surface area (Å²) in [6.07, 6.45) is 4.27. The van der Waals surface area contributed by atoms with Crippen molar-refractivity contribution in [3.63, 3.8) is 0 Å². The van der Waals surface area contributed by atoms with Gasteiger partial charge in [-0.25, -0.2) is 17.9 Å². The van der Waals surface area contributed by atoms with Crippen molar-refractivity contribution in [2.24, 2.45) is 0 Å². The van der Waals surface area contributed by atoms with Crippen LogP contribution in [0.5, 0.6) is 0 Å². The molecular formula is C21H27N3O4S. The molecule has 0 spiro atoms. The van der Waals surface area contributed by atoms with Crippen LogP contribution >= 0.6 is 0 Å². The molecule has 3 rings (SSSR count). The van der Waals surface area contributed by atoms with Gasteiger partial charge in [-0.15, -0.1) is 0 Å². The summed E-state index contributed by atoms with van der Waals surface area (Å²) in [4.78, 5) is 18.6. The predicted octanol–water partition coefficient (Wildman–Crippen LogP) is 2.83. The fourth-order valence-electron chi connectivity index (χ4n) is 3.77. The van der Waals surface area contributed by atoms with Crippen molar-refractivity contribution in [2.45, 2.75) is 38.3 Å². The van der Waals surface area contributed by atoms with Gasteiger partial charge in [0.1, 0.15) is 0 Å². The number of benzene rings is 1. The largest absolute Gasteiger partial charge is 0.450 e. The highest BCUT2D eigenvalue weighted by atomic mass is 32.2. The third-order valence-electron chi connectivity index (χ3n) is 4.99. The minimum Gasteiger partial charge on any atom is -0.450 e. The number of hydrogen-bond acceptors (Lipinski definition) is 5. The lowest BCUT2D eigenvalue weighted by atomic mass is 9.92. The number of carbonyl (C=O) groups excluding carboxylic acids is 1. The topological polar surface area (TPSA) is 88.6 Å². The van der Waals surface area contributed by atoms with E-state index in [4.69, 9.17) is 4.74 Å². The van der Waals surface area contributed by atoms with Gasteiger partial charge in [-0.1, -0.05) is 30.3 Å². The van der Waals surface area contributed by atoms with Gasteiger partial charge in [-0.05, 0) is 43.0 Å². The zero-order valence-corrected chi connectivity index (χ0v) is 17.6. The van der Waals surface area contributed by atoms with Crippen molar-refractivity contribution in [1.82, 2.24) is 14.6 Å². The third-order valence-corrected chi connectivity index (χ3v) is 5.72. The Bertz CT molecular complexity index is 934. The number of carbonyl (C=O) groups is 1. The number of nitrogens with one attached hydrogen (secondary N) is 1. The maximum absolute atomic E-state index is 12.5. The van der Waals surface area contributed by atoms with E-state index in [2.05, 4.69) is 9.71 Å². The molecule has 8 heteroatoms. The Morgan fingerprint density at radius 1 is 1.24 bits per heavy atom. The maximum Gasteiger partial charge on any atom is 0.410 e. The molecule has 2 aromatic rings. The highest BCUT2D eigenvalue weighted by Crippen LogP contribution is 2.25. The summed E-state index contributed by atoms with van der Waals surface area (Å²) in [7, 11) is -3.41. The summed E-state index contributed by atoms with van der Waals surface area (Å²) in [5.41, 5.74) is 2.91. The monoisotopic (exact) mass is 417 g/mol. The van der Waals surface area contributed by atoms with Crippen molar-refractivity contribution in [3.05, 3.63) is 54.4 Å². The van der Waals surface area contributed by atoms with Gasteiger partial charge < -0.3 is 9.64 Å². The number of hydrogen-bond donors (Lipinski definition) is 1. The minimum absolute atomic E-state index is 0.272. The van der Waals surface area contributed by atoms with Gasteiger partial charge in [0.25, 0.3) is 0 Å². The van der Waals surface area contributed by atoms with Gasteiger partial charge in [0.2, 0.25) is 10.0 Å².